The van der Waals surface area contributed by atoms with E-state index < -0.39 is 5.60 Å². The average molecular weight is 284 g/mol. The normalized spacial score (nSPS) is 14.2. The summed E-state index contributed by atoms with van der Waals surface area (Å²) < 4.78 is 0. The van der Waals surface area contributed by atoms with Crippen LogP contribution in [-0.2, 0) is 5.88 Å². The average Bonchev–Trinajstić information content (AvgIpc) is 2.34. The van der Waals surface area contributed by atoms with E-state index in [0.717, 1.165) is 5.56 Å². The topological polar surface area (TPSA) is 49.3 Å². The highest BCUT2D eigenvalue weighted by atomic mass is 35.5. The van der Waals surface area contributed by atoms with Crippen LogP contribution < -0.4 is 5.32 Å². The Labute approximate surface area is 120 Å². The molecule has 0 saturated heterocycles. The number of aliphatic hydroxyl groups is 1. The molecular weight excluding hydrogens is 262 g/mol. The van der Waals surface area contributed by atoms with Crippen molar-refractivity contribution in [2.75, 3.05) is 6.54 Å². The van der Waals surface area contributed by atoms with Crippen LogP contribution in [0.3, 0.4) is 0 Å². The van der Waals surface area contributed by atoms with Gasteiger partial charge in [0.05, 0.1) is 5.60 Å². The highest BCUT2D eigenvalue weighted by Gasteiger charge is 2.22. The second kappa shape index (κ2) is 6.92. The number of carbonyl (C=O) groups excluding carboxylic acids is 1. The highest BCUT2D eigenvalue weighted by Crippen LogP contribution is 2.15. The van der Waals surface area contributed by atoms with E-state index in [2.05, 4.69) is 5.32 Å². The van der Waals surface area contributed by atoms with Crippen molar-refractivity contribution >= 4 is 17.5 Å². The van der Waals surface area contributed by atoms with Crippen molar-refractivity contribution in [1.82, 2.24) is 5.32 Å². The SMILES string of the molecule is CC(C)CC(C)(O)CNC(=O)c1cccc(CCl)c1. The summed E-state index contributed by atoms with van der Waals surface area (Å²) in [5.41, 5.74) is 0.593. The Morgan fingerprint density at radius 1 is 1.47 bits per heavy atom. The summed E-state index contributed by atoms with van der Waals surface area (Å²) >= 11 is 5.74. The third kappa shape index (κ3) is 5.62. The van der Waals surface area contributed by atoms with Crippen molar-refractivity contribution < 1.29 is 9.90 Å². The number of alkyl halides is 1. The lowest BCUT2D eigenvalue weighted by atomic mass is 9.94. The van der Waals surface area contributed by atoms with Crippen molar-refractivity contribution in [3.8, 4) is 0 Å². The van der Waals surface area contributed by atoms with Crippen LogP contribution in [0, 0.1) is 5.92 Å². The molecule has 1 aromatic rings. The minimum Gasteiger partial charge on any atom is -0.388 e. The maximum atomic E-state index is 12.0. The maximum absolute atomic E-state index is 12.0. The minimum atomic E-state index is -0.881. The van der Waals surface area contributed by atoms with Crippen LogP contribution in [0.1, 0.15) is 43.1 Å². The van der Waals surface area contributed by atoms with Crippen LogP contribution in [0.15, 0.2) is 24.3 Å². The summed E-state index contributed by atoms with van der Waals surface area (Å²) in [5, 5.41) is 12.9. The van der Waals surface area contributed by atoms with Crippen LogP contribution in [-0.4, -0.2) is 23.2 Å². The third-order valence-electron chi connectivity index (χ3n) is 2.82. The van der Waals surface area contributed by atoms with Gasteiger partial charge in [0, 0.05) is 18.0 Å². The second-order valence-corrected chi connectivity index (χ2v) is 5.88. The number of hydrogen-bond acceptors (Lipinski definition) is 2. The van der Waals surface area contributed by atoms with E-state index in [1.54, 1.807) is 25.1 Å². The van der Waals surface area contributed by atoms with E-state index in [-0.39, 0.29) is 12.5 Å². The van der Waals surface area contributed by atoms with Gasteiger partial charge >= 0.3 is 0 Å². The monoisotopic (exact) mass is 283 g/mol. The Kier molecular flexibility index (Phi) is 5.83. The first kappa shape index (κ1) is 16.0. The fraction of sp³-hybridized carbons (Fsp3) is 0.533. The largest absolute Gasteiger partial charge is 0.388 e. The lowest BCUT2D eigenvalue weighted by Crippen LogP contribution is -2.41. The summed E-state index contributed by atoms with van der Waals surface area (Å²) in [7, 11) is 0. The van der Waals surface area contributed by atoms with E-state index in [0.29, 0.717) is 23.8 Å². The Morgan fingerprint density at radius 3 is 2.74 bits per heavy atom. The quantitative estimate of drug-likeness (QED) is 0.789. The van der Waals surface area contributed by atoms with Gasteiger partial charge in [-0.15, -0.1) is 11.6 Å². The second-order valence-electron chi connectivity index (χ2n) is 5.61. The molecular formula is C15H22ClNO2. The molecule has 1 unspecified atom stereocenters. The number of nitrogens with one attached hydrogen (secondary N) is 1. The van der Waals surface area contributed by atoms with Crippen molar-refractivity contribution in [2.24, 2.45) is 5.92 Å². The maximum Gasteiger partial charge on any atom is 0.251 e. The summed E-state index contributed by atoms with van der Waals surface area (Å²) in [6.45, 7) is 6.07. The van der Waals surface area contributed by atoms with Gasteiger partial charge in [-0.2, -0.15) is 0 Å². The first-order chi connectivity index (χ1) is 8.84. The Bertz CT molecular complexity index is 430. The number of halogens is 1. The van der Waals surface area contributed by atoms with Crippen molar-refractivity contribution in [2.45, 2.75) is 38.7 Å². The van der Waals surface area contributed by atoms with Crippen molar-refractivity contribution in [3.63, 3.8) is 0 Å². The molecule has 0 spiro atoms. The van der Waals surface area contributed by atoms with Crippen molar-refractivity contribution in [3.05, 3.63) is 35.4 Å². The molecule has 1 atom stereocenters. The van der Waals surface area contributed by atoms with Crippen LogP contribution >= 0.6 is 11.6 Å². The Balaban J connectivity index is 2.60. The number of benzene rings is 1. The number of carbonyl (C=O) groups is 1. The summed E-state index contributed by atoms with van der Waals surface area (Å²) in [5.74, 6) is 0.578. The van der Waals surface area contributed by atoms with E-state index >= 15 is 0 Å². The molecule has 0 saturated carbocycles. The number of hydrogen-bond donors (Lipinski definition) is 2. The molecule has 0 fully saturated rings. The molecule has 1 aromatic carbocycles. The molecule has 4 heteroatoms. The van der Waals surface area contributed by atoms with Gasteiger partial charge in [0.1, 0.15) is 0 Å². The van der Waals surface area contributed by atoms with Gasteiger partial charge in [-0.3, -0.25) is 4.79 Å². The standard InChI is InChI=1S/C15H22ClNO2/c1-11(2)8-15(3,19)10-17-14(18)13-6-4-5-12(7-13)9-16/h4-7,11,19H,8-10H2,1-3H3,(H,17,18). The number of rotatable bonds is 6. The highest BCUT2D eigenvalue weighted by molar-refractivity contribution is 6.17. The van der Waals surface area contributed by atoms with Gasteiger partial charge in [-0.25, -0.2) is 0 Å². The van der Waals surface area contributed by atoms with E-state index in [1.807, 2.05) is 19.9 Å². The summed E-state index contributed by atoms with van der Waals surface area (Å²) in [6, 6.07) is 7.18. The molecule has 0 radical (unpaired) electrons. The van der Waals surface area contributed by atoms with Crippen molar-refractivity contribution in [1.29, 1.82) is 0 Å². The third-order valence-corrected chi connectivity index (χ3v) is 3.13. The van der Waals surface area contributed by atoms with Crippen LogP contribution in [0.5, 0.6) is 0 Å². The molecule has 0 aliphatic carbocycles. The molecule has 0 heterocycles. The van der Waals surface area contributed by atoms with Crippen LogP contribution in [0.25, 0.3) is 0 Å². The van der Waals surface area contributed by atoms with Gasteiger partial charge in [0.25, 0.3) is 5.91 Å². The zero-order valence-electron chi connectivity index (χ0n) is 11.7. The lowest BCUT2D eigenvalue weighted by molar-refractivity contribution is 0.0368. The Hall–Kier alpha value is -1.06. The molecule has 0 aliphatic rings. The molecule has 0 aromatic heterocycles. The van der Waals surface area contributed by atoms with Gasteiger partial charge < -0.3 is 10.4 Å². The van der Waals surface area contributed by atoms with E-state index in [9.17, 15) is 9.90 Å². The molecule has 1 rings (SSSR count). The predicted octanol–water partition coefficient (Wildman–Crippen LogP) is 2.95. The van der Waals surface area contributed by atoms with Crippen LogP contribution in [0.4, 0.5) is 0 Å². The van der Waals surface area contributed by atoms with Gasteiger partial charge in [0.15, 0.2) is 0 Å². The Morgan fingerprint density at radius 2 is 2.16 bits per heavy atom. The fourth-order valence-electron chi connectivity index (χ4n) is 2.12. The van der Waals surface area contributed by atoms with Crippen LogP contribution in [0.2, 0.25) is 0 Å². The zero-order chi connectivity index (χ0) is 14.5. The molecule has 3 nitrogen and oxygen atoms in total. The van der Waals surface area contributed by atoms with E-state index in [1.165, 1.54) is 0 Å². The summed E-state index contributed by atoms with van der Waals surface area (Å²) in [4.78, 5) is 12.0. The first-order valence-electron chi connectivity index (χ1n) is 6.49. The fourth-order valence-corrected chi connectivity index (χ4v) is 2.29. The van der Waals surface area contributed by atoms with E-state index in [4.69, 9.17) is 11.6 Å². The lowest BCUT2D eigenvalue weighted by Gasteiger charge is -2.25. The smallest absolute Gasteiger partial charge is 0.251 e. The van der Waals surface area contributed by atoms with Gasteiger partial charge in [-0.1, -0.05) is 26.0 Å². The minimum absolute atomic E-state index is 0.184. The number of amides is 1. The molecule has 2 N–H and O–H groups in total. The molecule has 1 amide bonds. The first-order valence-corrected chi connectivity index (χ1v) is 7.03. The molecule has 106 valence electrons. The van der Waals surface area contributed by atoms with Gasteiger partial charge in [-0.05, 0) is 37.0 Å². The molecule has 19 heavy (non-hydrogen) atoms. The molecule has 0 aliphatic heterocycles. The zero-order valence-corrected chi connectivity index (χ0v) is 12.5. The van der Waals surface area contributed by atoms with Gasteiger partial charge in [0.2, 0.25) is 0 Å². The summed E-state index contributed by atoms with van der Waals surface area (Å²) in [6.07, 6.45) is 0.648. The molecule has 0 bridgehead atoms. The predicted molar refractivity (Wildman–Crippen MR) is 78.4 cm³/mol.